The summed E-state index contributed by atoms with van der Waals surface area (Å²) < 4.78 is 1.73. The Morgan fingerprint density at radius 1 is 1.64 bits per heavy atom. The van der Waals surface area contributed by atoms with Crippen LogP contribution in [0.2, 0.25) is 0 Å². The molecule has 1 rings (SSSR count). The van der Waals surface area contributed by atoms with E-state index in [-0.39, 0.29) is 11.7 Å². The van der Waals surface area contributed by atoms with Gasteiger partial charge in [0.1, 0.15) is 5.78 Å². The van der Waals surface area contributed by atoms with Gasteiger partial charge in [0.2, 0.25) is 0 Å². The van der Waals surface area contributed by atoms with Gasteiger partial charge in [-0.3, -0.25) is 4.79 Å². The van der Waals surface area contributed by atoms with Crippen LogP contribution < -0.4 is 0 Å². The average Bonchev–Trinajstić information content (AvgIpc) is 2.31. The highest BCUT2D eigenvalue weighted by atomic mass is 16.1. The van der Waals surface area contributed by atoms with Gasteiger partial charge < -0.3 is 0 Å². The van der Waals surface area contributed by atoms with Crippen LogP contribution in [0.25, 0.3) is 0 Å². The number of ketones is 1. The number of hydrogen-bond acceptors (Lipinski definition) is 2. The smallest absolute Gasteiger partial charge is 0.294 e. The van der Waals surface area contributed by atoms with E-state index in [1.54, 1.807) is 17.0 Å². The van der Waals surface area contributed by atoms with Gasteiger partial charge in [-0.2, -0.15) is 4.58 Å². The minimum absolute atomic E-state index is 0.0695. The lowest BCUT2D eigenvalue weighted by Gasteiger charge is -1.99. The Hall–Kier alpha value is -1.47. The molecular weight excluding hydrogens is 176 g/mol. The van der Waals surface area contributed by atoms with Gasteiger partial charge in [0, 0.05) is 12.0 Å². The first-order valence-electron chi connectivity index (χ1n) is 4.68. The van der Waals surface area contributed by atoms with Crippen LogP contribution in [-0.2, 0) is 4.79 Å². The van der Waals surface area contributed by atoms with Gasteiger partial charge in [-0.25, -0.2) is 0 Å². The van der Waals surface area contributed by atoms with E-state index in [2.05, 4.69) is 10.9 Å². The molecule has 0 fully saturated rings. The van der Waals surface area contributed by atoms with E-state index in [0.717, 1.165) is 5.70 Å². The lowest BCUT2D eigenvalue weighted by atomic mass is 10.0. The highest BCUT2D eigenvalue weighted by molar-refractivity contribution is 5.83. The second-order valence-electron chi connectivity index (χ2n) is 3.61. The molecule has 0 aromatic rings. The summed E-state index contributed by atoms with van der Waals surface area (Å²) in [5.74, 6) is 3.23. The second-order valence-corrected chi connectivity index (χ2v) is 3.61. The molecule has 0 bridgehead atoms. The van der Waals surface area contributed by atoms with Gasteiger partial charge in [-0.05, 0) is 6.08 Å². The van der Waals surface area contributed by atoms with Crippen LogP contribution >= 0.6 is 0 Å². The Kier molecular flexibility index (Phi) is 3.55. The van der Waals surface area contributed by atoms with E-state index < -0.39 is 0 Å². The van der Waals surface area contributed by atoms with Gasteiger partial charge >= 0.3 is 0 Å². The Balaban J connectivity index is 2.66. The summed E-state index contributed by atoms with van der Waals surface area (Å²) in [6, 6.07) is 0. The molecule has 0 aromatic carbocycles. The molecule has 0 radical (unpaired) electrons. The monoisotopic (exact) mass is 191 g/mol. The molecular formula is C11H15N2O+. The van der Waals surface area contributed by atoms with E-state index >= 15 is 0 Å². The number of Topliss-reactive ketones (excluding diaryl/α,β-unsaturated/α-hetero) is 1. The molecule has 14 heavy (non-hydrogen) atoms. The largest absolute Gasteiger partial charge is 0.299 e. The Morgan fingerprint density at radius 2 is 2.36 bits per heavy atom. The van der Waals surface area contributed by atoms with Crippen LogP contribution in [0.4, 0.5) is 0 Å². The molecule has 0 amide bonds. The van der Waals surface area contributed by atoms with Crippen molar-refractivity contribution in [1.82, 2.24) is 0 Å². The van der Waals surface area contributed by atoms with E-state index in [1.165, 1.54) is 0 Å². The summed E-state index contributed by atoms with van der Waals surface area (Å²) in [5, 5.41) is 0. The summed E-state index contributed by atoms with van der Waals surface area (Å²) in [6.45, 7) is 3.80. The third-order valence-corrected chi connectivity index (χ3v) is 1.95. The van der Waals surface area contributed by atoms with E-state index in [4.69, 9.17) is 0 Å². The lowest BCUT2D eigenvalue weighted by Crippen LogP contribution is -2.07. The van der Waals surface area contributed by atoms with Crippen molar-refractivity contribution in [2.75, 3.05) is 7.05 Å². The number of nitrogens with zero attached hydrogens (tertiary/aromatic N) is 2. The molecule has 3 heteroatoms. The molecule has 3 nitrogen and oxygen atoms in total. The molecule has 0 N–H and O–H groups in total. The van der Waals surface area contributed by atoms with E-state index in [9.17, 15) is 4.79 Å². The Morgan fingerprint density at radius 3 is 3.00 bits per heavy atom. The summed E-state index contributed by atoms with van der Waals surface area (Å²) in [7, 11) is 1.85. The standard InChI is InChI=1S/C11H15N2O/c1-9(2)11(14)7-10-5-4-6-13(3)8-12-10/h4-5,8-9H,7H2,1-3H3/q+1. The van der Waals surface area contributed by atoms with Crippen LogP contribution in [0.1, 0.15) is 20.3 Å². The number of carbonyl (C=O) groups is 1. The van der Waals surface area contributed by atoms with Crippen molar-refractivity contribution in [3.05, 3.63) is 17.8 Å². The predicted octanol–water partition coefficient (Wildman–Crippen LogP) is 1.40. The van der Waals surface area contributed by atoms with Crippen LogP contribution in [0, 0.1) is 5.92 Å². The SMILES string of the molecule is CC(C)C(=O)CC1=CC=C=[N+](C)C=N1. The van der Waals surface area contributed by atoms with Crippen molar-refractivity contribution in [1.29, 1.82) is 0 Å². The minimum atomic E-state index is 0.0695. The van der Waals surface area contributed by atoms with Crippen LogP contribution in [0.15, 0.2) is 22.8 Å². The first-order valence-corrected chi connectivity index (χ1v) is 4.68. The van der Waals surface area contributed by atoms with Crippen molar-refractivity contribution < 1.29 is 9.37 Å². The zero-order valence-corrected chi connectivity index (χ0v) is 8.82. The summed E-state index contributed by atoms with van der Waals surface area (Å²) in [5.41, 5.74) is 0.792. The number of carbonyl (C=O) groups excluding carboxylic acids is 1. The fourth-order valence-corrected chi connectivity index (χ4v) is 0.975. The van der Waals surface area contributed by atoms with Gasteiger partial charge in [0.15, 0.2) is 5.70 Å². The van der Waals surface area contributed by atoms with Crippen molar-refractivity contribution in [2.24, 2.45) is 10.9 Å². The Bertz CT molecular complexity index is 355. The molecule has 74 valence electrons. The second kappa shape index (κ2) is 4.68. The third-order valence-electron chi connectivity index (χ3n) is 1.95. The van der Waals surface area contributed by atoms with E-state index in [1.807, 2.05) is 27.0 Å². The zero-order chi connectivity index (χ0) is 10.6. The molecule has 1 aliphatic heterocycles. The lowest BCUT2D eigenvalue weighted by molar-refractivity contribution is -0.351. The summed E-state index contributed by atoms with van der Waals surface area (Å²) >= 11 is 0. The minimum Gasteiger partial charge on any atom is -0.299 e. The molecule has 0 unspecified atom stereocenters. The number of allylic oxidation sites excluding steroid dienone is 3. The molecule has 0 aromatic heterocycles. The topological polar surface area (TPSA) is 32.4 Å². The van der Waals surface area contributed by atoms with Gasteiger partial charge in [-0.1, -0.05) is 18.8 Å². The molecule has 1 heterocycles. The fourth-order valence-electron chi connectivity index (χ4n) is 0.975. The zero-order valence-electron chi connectivity index (χ0n) is 8.82. The van der Waals surface area contributed by atoms with Gasteiger partial charge in [-0.15, -0.1) is 0 Å². The number of rotatable bonds is 3. The molecule has 1 aliphatic rings. The van der Waals surface area contributed by atoms with Crippen molar-refractivity contribution in [2.45, 2.75) is 20.3 Å². The average molecular weight is 191 g/mol. The maximum absolute atomic E-state index is 11.4. The molecule has 0 spiro atoms. The quantitative estimate of drug-likeness (QED) is 0.620. The molecule has 0 saturated heterocycles. The highest BCUT2D eigenvalue weighted by Crippen LogP contribution is 2.09. The van der Waals surface area contributed by atoms with Gasteiger partial charge in [0.05, 0.1) is 19.3 Å². The van der Waals surface area contributed by atoms with Crippen molar-refractivity contribution >= 4 is 18.0 Å². The molecule has 0 atom stereocenters. The fraction of sp³-hybridized carbons (Fsp3) is 0.455. The summed E-state index contributed by atoms with van der Waals surface area (Å²) in [4.78, 5) is 15.6. The van der Waals surface area contributed by atoms with E-state index in [0.29, 0.717) is 6.42 Å². The molecule has 0 saturated carbocycles. The third kappa shape index (κ3) is 3.11. The van der Waals surface area contributed by atoms with Crippen LogP contribution in [0.3, 0.4) is 0 Å². The van der Waals surface area contributed by atoms with Crippen molar-refractivity contribution in [3.63, 3.8) is 0 Å². The first kappa shape index (κ1) is 10.6. The highest BCUT2D eigenvalue weighted by Gasteiger charge is 2.13. The predicted molar refractivity (Wildman–Crippen MR) is 56.8 cm³/mol. The maximum atomic E-state index is 11.4. The number of hydrogen-bond donors (Lipinski definition) is 0. The molecule has 0 aliphatic carbocycles. The summed E-state index contributed by atoms with van der Waals surface area (Å²) in [6.07, 6.45) is 5.65. The Labute approximate surface area is 84.2 Å². The van der Waals surface area contributed by atoms with Gasteiger partial charge in [0.25, 0.3) is 6.34 Å². The van der Waals surface area contributed by atoms with Crippen LogP contribution in [0.5, 0.6) is 0 Å². The number of aliphatic imine (C=N–C) groups is 1. The first-order chi connectivity index (χ1) is 6.59. The van der Waals surface area contributed by atoms with Crippen LogP contribution in [-0.4, -0.2) is 29.6 Å². The maximum Gasteiger partial charge on any atom is 0.294 e. The normalized spacial score (nSPS) is 15.1. The van der Waals surface area contributed by atoms with Crippen molar-refractivity contribution in [3.8, 4) is 0 Å².